The molecule has 0 aliphatic rings. The number of carboxylic acid groups (broad SMARTS) is 1. The van der Waals surface area contributed by atoms with Crippen molar-refractivity contribution >= 4 is 34.4 Å². The maximum Gasteiger partial charge on any atom is 0.413 e. The maximum atomic E-state index is 13.0. The van der Waals surface area contributed by atoms with Gasteiger partial charge in [0.1, 0.15) is 11.0 Å². The number of amides is 1. The minimum absolute atomic E-state index is 0.0369. The average Bonchev–Trinajstić information content (AvgIpc) is 2.81. The third-order valence-electron chi connectivity index (χ3n) is 3.99. The van der Waals surface area contributed by atoms with Crippen molar-refractivity contribution < 1.29 is 14.3 Å². The molecule has 0 saturated heterocycles. The molecule has 124 valence electrons. The van der Waals surface area contributed by atoms with Crippen LogP contribution >= 0.6 is 11.6 Å². The number of aromatic nitrogens is 2. The minimum atomic E-state index is -1.17. The van der Waals surface area contributed by atoms with Gasteiger partial charge < -0.3 is 10.1 Å². The first-order valence-electron chi connectivity index (χ1n) is 7.27. The number of H-pyrrole nitrogens is 1. The molecule has 0 unspecified atom stereocenters. The molecule has 0 bridgehead atoms. The Balaban J connectivity index is 2.12. The first-order chi connectivity index (χ1) is 11.4. The summed E-state index contributed by atoms with van der Waals surface area (Å²) in [6, 6.07) is 7.37. The van der Waals surface area contributed by atoms with Crippen LogP contribution in [0.1, 0.15) is 16.8 Å². The van der Waals surface area contributed by atoms with E-state index in [0.29, 0.717) is 11.1 Å². The Morgan fingerprint density at radius 2 is 2.00 bits per heavy atom. The van der Waals surface area contributed by atoms with Gasteiger partial charge in [0.05, 0.1) is 12.1 Å². The standard InChI is InChI=1S/C17H15ClFN3O2/c1-9-10(2)20-15-13(9)7-14(18)21-16(15)22(17(23)24)8-11-3-5-12(19)6-4-11/h3-7,20H,8H2,1-2H3,(H,23,24). The molecule has 2 heterocycles. The minimum Gasteiger partial charge on any atom is -0.465 e. The number of rotatable bonds is 3. The third-order valence-corrected chi connectivity index (χ3v) is 4.18. The molecular formula is C17H15ClFN3O2. The summed E-state index contributed by atoms with van der Waals surface area (Å²) < 4.78 is 13.0. The van der Waals surface area contributed by atoms with E-state index in [-0.39, 0.29) is 23.3 Å². The SMILES string of the molecule is Cc1[nH]c2c(N(Cc3ccc(F)cc3)C(=O)O)nc(Cl)cc2c1C. The predicted octanol–water partition coefficient (Wildman–Crippen LogP) is 4.66. The fraction of sp³-hybridized carbons (Fsp3) is 0.176. The van der Waals surface area contributed by atoms with E-state index in [0.717, 1.165) is 21.5 Å². The van der Waals surface area contributed by atoms with Crippen molar-refractivity contribution in [1.29, 1.82) is 0 Å². The fourth-order valence-corrected chi connectivity index (χ4v) is 2.79. The van der Waals surface area contributed by atoms with Crippen LogP contribution in [0.3, 0.4) is 0 Å². The Morgan fingerprint density at radius 1 is 1.33 bits per heavy atom. The number of fused-ring (bicyclic) bond motifs is 1. The van der Waals surface area contributed by atoms with Crippen molar-refractivity contribution in [3.05, 3.63) is 58.1 Å². The first kappa shape index (κ1) is 16.3. The van der Waals surface area contributed by atoms with Gasteiger partial charge in [0.2, 0.25) is 0 Å². The average molecular weight is 348 g/mol. The quantitative estimate of drug-likeness (QED) is 0.677. The van der Waals surface area contributed by atoms with Crippen molar-refractivity contribution in [3.63, 3.8) is 0 Å². The van der Waals surface area contributed by atoms with Crippen LogP contribution in [0, 0.1) is 19.7 Å². The highest BCUT2D eigenvalue weighted by molar-refractivity contribution is 6.30. The van der Waals surface area contributed by atoms with E-state index in [1.807, 2.05) is 13.8 Å². The lowest BCUT2D eigenvalue weighted by molar-refractivity contribution is 0.201. The molecule has 5 nitrogen and oxygen atoms in total. The highest BCUT2D eigenvalue weighted by Crippen LogP contribution is 2.31. The summed E-state index contributed by atoms with van der Waals surface area (Å²) in [5.41, 5.74) is 3.16. The lowest BCUT2D eigenvalue weighted by atomic mass is 10.1. The predicted molar refractivity (Wildman–Crippen MR) is 91.2 cm³/mol. The summed E-state index contributed by atoms with van der Waals surface area (Å²) in [6.45, 7) is 3.87. The van der Waals surface area contributed by atoms with Crippen LogP contribution in [0.2, 0.25) is 5.15 Å². The number of pyridine rings is 1. The molecular weight excluding hydrogens is 333 g/mol. The fourth-order valence-electron chi connectivity index (χ4n) is 2.60. The first-order valence-corrected chi connectivity index (χ1v) is 7.65. The number of aryl methyl sites for hydroxylation is 2. The van der Waals surface area contributed by atoms with Crippen molar-refractivity contribution in [1.82, 2.24) is 9.97 Å². The number of nitrogens with one attached hydrogen (secondary N) is 1. The van der Waals surface area contributed by atoms with Crippen molar-refractivity contribution in [2.45, 2.75) is 20.4 Å². The summed E-state index contributed by atoms with van der Waals surface area (Å²) in [5, 5.41) is 10.7. The number of benzene rings is 1. The number of hydrogen-bond donors (Lipinski definition) is 2. The summed E-state index contributed by atoms with van der Waals surface area (Å²) in [4.78, 5) is 20.2. The molecule has 3 rings (SSSR count). The summed E-state index contributed by atoms with van der Waals surface area (Å²) in [5.74, 6) is -0.148. The van der Waals surface area contributed by atoms with Crippen LogP contribution in [0.4, 0.5) is 15.0 Å². The number of carbonyl (C=O) groups is 1. The zero-order chi connectivity index (χ0) is 17.4. The van der Waals surface area contributed by atoms with Crippen molar-refractivity contribution in [3.8, 4) is 0 Å². The highest BCUT2D eigenvalue weighted by atomic mass is 35.5. The van der Waals surface area contributed by atoms with Crippen LogP contribution in [0.5, 0.6) is 0 Å². The van der Waals surface area contributed by atoms with E-state index >= 15 is 0 Å². The Hall–Kier alpha value is -2.60. The Labute approximate surface area is 142 Å². The van der Waals surface area contributed by atoms with E-state index in [4.69, 9.17) is 11.6 Å². The van der Waals surface area contributed by atoms with Crippen LogP contribution in [0.25, 0.3) is 10.9 Å². The summed E-state index contributed by atoms with van der Waals surface area (Å²) in [6.07, 6.45) is -1.17. The molecule has 0 atom stereocenters. The van der Waals surface area contributed by atoms with Gasteiger partial charge >= 0.3 is 6.09 Å². The second-order valence-corrected chi connectivity index (χ2v) is 5.95. The number of halogens is 2. The zero-order valence-electron chi connectivity index (χ0n) is 13.1. The lowest BCUT2D eigenvalue weighted by Gasteiger charge is -2.19. The van der Waals surface area contributed by atoms with Gasteiger partial charge in [-0.15, -0.1) is 0 Å². The van der Waals surface area contributed by atoms with Gasteiger partial charge in [-0.05, 0) is 43.2 Å². The second-order valence-electron chi connectivity index (χ2n) is 5.56. The molecule has 0 spiro atoms. The van der Waals surface area contributed by atoms with Gasteiger partial charge in [-0.3, -0.25) is 4.90 Å². The van der Waals surface area contributed by atoms with Gasteiger partial charge in [-0.1, -0.05) is 23.7 Å². The summed E-state index contributed by atoms with van der Waals surface area (Å²) in [7, 11) is 0. The molecule has 7 heteroatoms. The smallest absolute Gasteiger partial charge is 0.413 e. The molecule has 24 heavy (non-hydrogen) atoms. The summed E-state index contributed by atoms with van der Waals surface area (Å²) >= 11 is 6.08. The number of anilines is 1. The topological polar surface area (TPSA) is 69.2 Å². The molecule has 2 aromatic heterocycles. The molecule has 2 N–H and O–H groups in total. The van der Waals surface area contributed by atoms with Gasteiger partial charge in [0.15, 0.2) is 5.82 Å². The number of hydrogen-bond acceptors (Lipinski definition) is 2. The van der Waals surface area contributed by atoms with Gasteiger partial charge in [-0.2, -0.15) is 0 Å². The monoisotopic (exact) mass is 347 g/mol. The van der Waals surface area contributed by atoms with Crippen LogP contribution in [-0.4, -0.2) is 21.2 Å². The number of nitrogens with zero attached hydrogens (tertiary/aromatic N) is 2. The number of aromatic amines is 1. The van der Waals surface area contributed by atoms with Gasteiger partial charge in [0.25, 0.3) is 0 Å². The van der Waals surface area contributed by atoms with E-state index in [1.165, 1.54) is 24.3 Å². The molecule has 3 aromatic rings. The molecule has 0 aliphatic heterocycles. The third kappa shape index (κ3) is 2.92. The van der Waals surface area contributed by atoms with E-state index in [1.54, 1.807) is 6.07 Å². The van der Waals surface area contributed by atoms with Gasteiger partial charge in [0, 0.05) is 11.1 Å². The molecule has 0 aliphatic carbocycles. The molecule has 0 saturated carbocycles. The molecule has 0 fully saturated rings. The maximum absolute atomic E-state index is 13.0. The van der Waals surface area contributed by atoms with Crippen molar-refractivity contribution in [2.75, 3.05) is 4.90 Å². The van der Waals surface area contributed by atoms with E-state index in [2.05, 4.69) is 9.97 Å². The van der Waals surface area contributed by atoms with Crippen LogP contribution < -0.4 is 4.90 Å². The Morgan fingerprint density at radius 3 is 2.62 bits per heavy atom. The largest absolute Gasteiger partial charge is 0.465 e. The molecule has 1 aromatic carbocycles. The Bertz CT molecular complexity index is 922. The van der Waals surface area contributed by atoms with E-state index < -0.39 is 6.09 Å². The van der Waals surface area contributed by atoms with Crippen LogP contribution in [-0.2, 0) is 6.54 Å². The van der Waals surface area contributed by atoms with Crippen molar-refractivity contribution in [2.24, 2.45) is 0 Å². The highest BCUT2D eigenvalue weighted by Gasteiger charge is 2.22. The normalized spacial score (nSPS) is 11.0. The van der Waals surface area contributed by atoms with Crippen LogP contribution in [0.15, 0.2) is 30.3 Å². The molecule has 1 amide bonds. The Kier molecular flexibility index (Phi) is 4.15. The lowest BCUT2D eigenvalue weighted by Crippen LogP contribution is -2.29. The zero-order valence-corrected chi connectivity index (χ0v) is 13.9. The second kappa shape index (κ2) is 6.13. The van der Waals surface area contributed by atoms with Gasteiger partial charge in [-0.25, -0.2) is 14.2 Å². The van der Waals surface area contributed by atoms with E-state index in [9.17, 15) is 14.3 Å². The molecule has 0 radical (unpaired) electrons.